The number of benzene rings is 2. The van der Waals surface area contributed by atoms with Gasteiger partial charge in [-0.15, -0.1) is 0 Å². The van der Waals surface area contributed by atoms with E-state index in [1.807, 2.05) is 31.2 Å². The third-order valence-corrected chi connectivity index (χ3v) is 5.89. The molecular formula is C23H22ClF3N4O. The molecule has 0 radical (unpaired) electrons. The zero-order chi connectivity index (χ0) is 22.9. The lowest BCUT2D eigenvalue weighted by atomic mass is 9.95. The topological polar surface area (TPSA) is 59.0 Å². The first-order chi connectivity index (χ1) is 15.3. The van der Waals surface area contributed by atoms with Gasteiger partial charge in [0.25, 0.3) is 5.91 Å². The van der Waals surface area contributed by atoms with Crippen molar-refractivity contribution in [2.45, 2.75) is 44.6 Å². The fourth-order valence-corrected chi connectivity index (χ4v) is 3.94. The monoisotopic (exact) mass is 462 g/mol. The van der Waals surface area contributed by atoms with Crippen molar-refractivity contribution in [1.29, 1.82) is 0 Å². The number of nitrogens with one attached hydrogen (secondary N) is 2. The van der Waals surface area contributed by atoms with E-state index in [-0.39, 0.29) is 24.3 Å². The summed E-state index contributed by atoms with van der Waals surface area (Å²) in [6, 6.07) is 12.0. The van der Waals surface area contributed by atoms with E-state index in [0.29, 0.717) is 5.02 Å². The summed E-state index contributed by atoms with van der Waals surface area (Å²) >= 11 is 5.87. The van der Waals surface area contributed by atoms with Crippen molar-refractivity contribution < 1.29 is 18.0 Å². The van der Waals surface area contributed by atoms with Crippen molar-refractivity contribution in [2.75, 3.05) is 5.32 Å². The van der Waals surface area contributed by atoms with E-state index >= 15 is 0 Å². The first-order valence-electron chi connectivity index (χ1n) is 10.3. The van der Waals surface area contributed by atoms with Gasteiger partial charge in [-0.1, -0.05) is 54.9 Å². The van der Waals surface area contributed by atoms with Crippen molar-refractivity contribution in [3.8, 4) is 0 Å². The fraction of sp³-hybridized carbons (Fsp3) is 0.304. The molecule has 0 bridgehead atoms. The highest BCUT2D eigenvalue weighted by atomic mass is 35.5. The molecule has 0 spiro atoms. The van der Waals surface area contributed by atoms with Crippen molar-refractivity contribution in [2.24, 2.45) is 0 Å². The van der Waals surface area contributed by atoms with Gasteiger partial charge in [-0.2, -0.15) is 18.3 Å². The molecule has 0 saturated heterocycles. The van der Waals surface area contributed by atoms with Gasteiger partial charge in [0.2, 0.25) is 0 Å². The third-order valence-electron chi connectivity index (χ3n) is 5.64. The minimum Gasteiger partial charge on any atom is -0.363 e. The zero-order valence-electron chi connectivity index (χ0n) is 17.3. The molecule has 2 heterocycles. The number of halogens is 4. The number of hydrogen-bond donors (Lipinski definition) is 2. The molecule has 3 aromatic rings. The first-order valence-corrected chi connectivity index (χ1v) is 10.7. The molecular weight excluding hydrogens is 441 g/mol. The highest BCUT2D eigenvalue weighted by molar-refractivity contribution is 6.30. The number of carbonyl (C=O) groups is 1. The van der Waals surface area contributed by atoms with E-state index in [0.717, 1.165) is 27.8 Å². The summed E-state index contributed by atoms with van der Waals surface area (Å²) in [5.74, 6) is -0.437. The normalized spacial score (nSPS) is 18.0. The van der Waals surface area contributed by atoms with Gasteiger partial charge >= 0.3 is 6.18 Å². The minimum atomic E-state index is -4.50. The Bertz CT molecular complexity index is 1090. The number of hydrogen-bond acceptors (Lipinski definition) is 3. The molecule has 1 amide bonds. The van der Waals surface area contributed by atoms with Crippen LogP contribution < -0.4 is 10.6 Å². The Morgan fingerprint density at radius 3 is 2.44 bits per heavy atom. The molecule has 0 aliphatic carbocycles. The Balaban J connectivity index is 1.60. The van der Waals surface area contributed by atoms with Crippen LogP contribution in [0.1, 0.15) is 52.5 Å². The molecule has 1 aliphatic rings. The highest BCUT2D eigenvalue weighted by Gasteiger charge is 2.47. The third kappa shape index (κ3) is 4.60. The number of fused-ring (bicyclic) bond motifs is 1. The Hall–Kier alpha value is -3.00. The van der Waals surface area contributed by atoms with E-state index in [2.05, 4.69) is 15.7 Å². The molecule has 0 saturated carbocycles. The largest absolute Gasteiger partial charge is 0.410 e. The number of anilines is 1. The van der Waals surface area contributed by atoms with Crippen LogP contribution in [-0.2, 0) is 13.0 Å². The number of amides is 1. The predicted molar refractivity (Wildman–Crippen MR) is 117 cm³/mol. The predicted octanol–water partition coefficient (Wildman–Crippen LogP) is 5.69. The lowest BCUT2D eigenvalue weighted by Crippen LogP contribution is -2.36. The Kier molecular flexibility index (Phi) is 6.15. The lowest BCUT2D eigenvalue weighted by Gasteiger charge is -2.34. The molecule has 2 aromatic carbocycles. The quantitative estimate of drug-likeness (QED) is 0.512. The number of carbonyl (C=O) groups excluding carboxylic acids is 1. The molecule has 2 N–H and O–H groups in total. The summed E-state index contributed by atoms with van der Waals surface area (Å²) < 4.78 is 42.4. The summed E-state index contributed by atoms with van der Waals surface area (Å²) in [7, 11) is 0. The molecule has 1 aliphatic heterocycles. The van der Waals surface area contributed by atoms with Crippen LogP contribution in [0.5, 0.6) is 0 Å². The van der Waals surface area contributed by atoms with E-state index in [1.165, 1.54) is 6.20 Å². The smallest absolute Gasteiger partial charge is 0.363 e. The zero-order valence-corrected chi connectivity index (χ0v) is 18.0. The molecule has 2 unspecified atom stereocenters. The average molecular weight is 463 g/mol. The van der Waals surface area contributed by atoms with Gasteiger partial charge in [-0.05, 0) is 35.2 Å². The highest BCUT2D eigenvalue weighted by Crippen LogP contribution is 2.44. The summed E-state index contributed by atoms with van der Waals surface area (Å²) in [6.07, 6.45) is -2.69. The van der Waals surface area contributed by atoms with Crippen LogP contribution in [0.4, 0.5) is 19.0 Å². The van der Waals surface area contributed by atoms with E-state index in [4.69, 9.17) is 11.6 Å². The van der Waals surface area contributed by atoms with Gasteiger partial charge in [0, 0.05) is 18.0 Å². The van der Waals surface area contributed by atoms with Gasteiger partial charge in [0.15, 0.2) is 6.04 Å². The van der Waals surface area contributed by atoms with E-state index in [9.17, 15) is 18.0 Å². The second-order valence-electron chi connectivity index (χ2n) is 7.75. The van der Waals surface area contributed by atoms with Gasteiger partial charge < -0.3 is 10.6 Å². The SMILES string of the molecule is CCc1ccc(C2CC(C(F)(F)F)n3ncc(C(=O)NCc4ccc(Cl)cc4)c3N2)cc1. The van der Waals surface area contributed by atoms with Crippen molar-refractivity contribution in [3.63, 3.8) is 0 Å². The number of alkyl halides is 3. The maximum absolute atomic E-state index is 13.8. The Labute approximate surface area is 188 Å². The number of aryl methyl sites for hydroxylation is 1. The van der Waals surface area contributed by atoms with Crippen molar-refractivity contribution >= 4 is 23.3 Å². The molecule has 168 valence electrons. The fourth-order valence-electron chi connectivity index (χ4n) is 3.81. The molecule has 32 heavy (non-hydrogen) atoms. The molecule has 4 rings (SSSR count). The van der Waals surface area contributed by atoms with Crippen molar-refractivity contribution in [3.05, 3.63) is 82.0 Å². The Morgan fingerprint density at radius 2 is 1.81 bits per heavy atom. The maximum Gasteiger partial charge on any atom is 0.410 e. The van der Waals surface area contributed by atoms with E-state index < -0.39 is 24.2 Å². The van der Waals surface area contributed by atoms with Crippen LogP contribution >= 0.6 is 11.6 Å². The van der Waals surface area contributed by atoms with Gasteiger partial charge in [-0.25, -0.2) is 4.68 Å². The van der Waals surface area contributed by atoms with Crippen LogP contribution in [0.2, 0.25) is 5.02 Å². The molecule has 1 aromatic heterocycles. The van der Waals surface area contributed by atoms with Crippen LogP contribution in [0, 0.1) is 0 Å². The maximum atomic E-state index is 13.8. The Morgan fingerprint density at radius 1 is 1.16 bits per heavy atom. The van der Waals surface area contributed by atoms with Crippen LogP contribution in [0.25, 0.3) is 0 Å². The standard InChI is InChI=1S/C23H22ClF3N4O/c1-2-14-3-7-16(8-4-14)19-11-20(23(25,26)27)31-21(30-19)18(13-29-31)22(32)28-12-15-5-9-17(24)10-6-15/h3-10,13,19-20,30H,2,11-12H2,1H3,(H,28,32). The molecule has 2 atom stereocenters. The summed E-state index contributed by atoms with van der Waals surface area (Å²) in [6.45, 7) is 2.23. The van der Waals surface area contributed by atoms with Crippen LogP contribution in [0.3, 0.4) is 0 Å². The lowest BCUT2D eigenvalue weighted by molar-refractivity contribution is -0.173. The van der Waals surface area contributed by atoms with Crippen LogP contribution in [-0.4, -0.2) is 21.9 Å². The number of nitrogens with zero attached hydrogens (tertiary/aromatic N) is 2. The molecule has 9 heteroatoms. The minimum absolute atomic E-state index is 0.0664. The summed E-state index contributed by atoms with van der Waals surface area (Å²) in [5, 5.41) is 10.3. The van der Waals surface area contributed by atoms with Gasteiger partial charge in [-0.3, -0.25) is 4.79 Å². The second kappa shape index (κ2) is 8.86. The summed E-state index contributed by atoms with van der Waals surface area (Å²) in [5.41, 5.74) is 2.72. The summed E-state index contributed by atoms with van der Waals surface area (Å²) in [4.78, 5) is 12.8. The van der Waals surface area contributed by atoms with Gasteiger partial charge in [0.1, 0.15) is 11.4 Å². The van der Waals surface area contributed by atoms with Gasteiger partial charge in [0.05, 0.1) is 12.2 Å². The number of rotatable bonds is 5. The first kappa shape index (κ1) is 22.2. The number of aromatic nitrogens is 2. The average Bonchev–Trinajstić information content (AvgIpc) is 3.21. The molecule has 5 nitrogen and oxygen atoms in total. The van der Waals surface area contributed by atoms with Crippen LogP contribution in [0.15, 0.2) is 54.7 Å². The second-order valence-corrected chi connectivity index (χ2v) is 8.18. The molecule has 0 fully saturated rings. The van der Waals surface area contributed by atoms with Crippen molar-refractivity contribution in [1.82, 2.24) is 15.1 Å². The van der Waals surface area contributed by atoms with E-state index in [1.54, 1.807) is 24.3 Å².